The average Bonchev–Trinajstić information content (AvgIpc) is 2.27. The van der Waals surface area contributed by atoms with E-state index >= 15 is 0 Å². The van der Waals surface area contributed by atoms with Crippen LogP contribution in [0.3, 0.4) is 0 Å². The number of halogens is 1. The van der Waals surface area contributed by atoms with Gasteiger partial charge in [0.15, 0.2) is 0 Å². The maximum absolute atomic E-state index is 11.9. The molecule has 18 heavy (non-hydrogen) atoms. The maximum atomic E-state index is 11.9. The zero-order valence-electron chi connectivity index (χ0n) is 11.1. The van der Waals surface area contributed by atoms with Crippen molar-refractivity contribution in [2.45, 2.75) is 39.3 Å². The predicted molar refractivity (Wildman–Crippen MR) is 78.1 cm³/mol. The third kappa shape index (κ3) is 4.78. The fourth-order valence-corrected chi connectivity index (χ4v) is 2.21. The van der Waals surface area contributed by atoms with Crippen LogP contribution in [0.1, 0.15) is 38.8 Å². The summed E-state index contributed by atoms with van der Waals surface area (Å²) >= 11 is 3.42. The van der Waals surface area contributed by atoms with Crippen LogP contribution in [0.5, 0.6) is 0 Å². The number of hydrogen-bond acceptors (Lipinski definition) is 2. The molecule has 0 fully saturated rings. The number of rotatable bonds is 5. The number of nitrogens with two attached hydrogens (primary N) is 1. The summed E-state index contributed by atoms with van der Waals surface area (Å²) in [6.45, 7) is 6.08. The van der Waals surface area contributed by atoms with Gasteiger partial charge in [0.25, 0.3) is 0 Å². The minimum absolute atomic E-state index is 0.0341. The van der Waals surface area contributed by atoms with Crippen molar-refractivity contribution in [1.82, 2.24) is 5.32 Å². The Morgan fingerprint density at radius 2 is 2.06 bits per heavy atom. The van der Waals surface area contributed by atoms with E-state index in [4.69, 9.17) is 5.73 Å². The largest absolute Gasteiger partial charge is 0.348 e. The molecule has 0 aliphatic rings. The molecule has 0 saturated heterocycles. The smallest absolute Gasteiger partial charge is 0.237 e. The summed E-state index contributed by atoms with van der Waals surface area (Å²) in [5, 5.41) is 2.94. The molecule has 0 radical (unpaired) electrons. The molecule has 0 aliphatic carbocycles. The maximum Gasteiger partial charge on any atom is 0.237 e. The van der Waals surface area contributed by atoms with E-state index in [0.717, 1.165) is 10.0 Å². The van der Waals surface area contributed by atoms with Crippen molar-refractivity contribution in [3.05, 3.63) is 34.3 Å². The number of nitrogens with one attached hydrogen (secondary N) is 1. The molecule has 0 bridgehead atoms. The minimum atomic E-state index is -0.431. The third-order valence-electron chi connectivity index (χ3n) is 2.77. The van der Waals surface area contributed by atoms with Crippen LogP contribution in [0, 0.1) is 5.92 Å². The highest BCUT2D eigenvalue weighted by Gasteiger charge is 2.17. The first-order chi connectivity index (χ1) is 8.40. The Labute approximate surface area is 117 Å². The first-order valence-corrected chi connectivity index (χ1v) is 7.01. The highest BCUT2D eigenvalue weighted by molar-refractivity contribution is 9.10. The van der Waals surface area contributed by atoms with Crippen molar-refractivity contribution >= 4 is 21.8 Å². The molecule has 100 valence electrons. The Kier molecular flexibility index (Phi) is 5.82. The van der Waals surface area contributed by atoms with Gasteiger partial charge in [0.05, 0.1) is 12.1 Å². The SMILES string of the molecule is CC(C)CC(N)C(=O)N[C@H](C)c1cccc(Br)c1. The second-order valence-corrected chi connectivity index (χ2v) is 5.94. The number of amides is 1. The van der Waals surface area contributed by atoms with E-state index in [9.17, 15) is 4.79 Å². The second kappa shape index (κ2) is 6.90. The van der Waals surface area contributed by atoms with Crippen molar-refractivity contribution in [2.75, 3.05) is 0 Å². The summed E-state index contributed by atoms with van der Waals surface area (Å²) in [5.41, 5.74) is 6.92. The van der Waals surface area contributed by atoms with Gasteiger partial charge in [-0.25, -0.2) is 0 Å². The van der Waals surface area contributed by atoms with Crippen molar-refractivity contribution in [3.63, 3.8) is 0 Å². The molecule has 1 unspecified atom stereocenters. The lowest BCUT2D eigenvalue weighted by Gasteiger charge is -2.19. The molecule has 2 atom stereocenters. The van der Waals surface area contributed by atoms with E-state index in [0.29, 0.717) is 12.3 Å². The van der Waals surface area contributed by atoms with E-state index in [1.807, 2.05) is 31.2 Å². The molecule has 1 rings (SSSR count). The highest BCUT2D eigenvalue weighted by Crippen LogP contribution is 2.18. The molecular weight excluding hydrogens is 292 g/mol. The van der Waals surface area contributed by atoms with E-state index < -0.39 is 6.04 Å². The highest BCUT2D eigenvalue weighted by atomic mass is 79.9. The quantitative estimate of drug-likeness (QED) is 0.878. The first kappa shape index (κ1) is 15.2. The zero-order valence-corrected chi connectivity index (χ0v) is 12.7. The molecule has 0 saturated carbocycles. The minimum Gasteiger partial charge on any atom is -0.348 e. The lowest BCUT2D eigenvalue weighted by Crippen LogP contribution is -2.42. The van der Waals surface area contributed by atoms with Gasteiger partial charge < -0.3 is 11.1 Å². The van der Waals surface area contributed by atoms with Gasteiger partial charge in [0.1, 0.15) is 0 Å². The monoisotopic (exact) mass is 312 g/mol. The Balaban J connectivity index is 2.59. The Bertz CT molecular complexity index is 407. The first-order valence-electron chi connectivity index (χ1n) is 6.21. The number of hydrogen-bond donors (Lipinski definition) is 2. The average molecular weight is 313 g/mol. The van der Waals surface area contributed by atoms with E-state index in [1.54, 1.807) is 0 Å². The molecule has 0 heterocycles. The van der Waals surface area contributed by atoms with E-state index in [2.05, 4.69) is 35.1 Å². The van der Waals surface area contributed by atoms with Crippen molar-refractivity contribution in [3.8, 4) is 0 Å². The van der Waals surface area contributed by atoms with Crippen LogP contribution in [0.4, 0.5) is 0 Å². The lowest BCUT2D eigenvalue weighted by atomic mass is 10.0. The number of carbonyl (C=O) groups excluding carboxylic acids is 1. The Hall–Kier alpha value is -0.870. The van der Waals surface area contributed by atoms with Gasteiger partial charge in [-0.1, -0.05) is 41.9 Å². The predicted octanol–water partition coefficient (Wildman–Crippen LogP) is 3.00. The van der Waals surface area contributed by atoms with Gasteiger partial charge in [0.2, 0.25) is 5.91 Å². The van der Waals surface area contributed by atoms with Gasteiger partial charge in [-0.15, -0.1) is 0 Å². The zero-order chi connectivity index (χ0) is 13.7. The summed E-state index contributed by atoms with van der Waals surface area (Å²) in [5.74, 6) is 0.336. The standard InChI is InChI=1S/C14H21BrN2O/c1-9(2)7-13(16)14(18)17-10(3)11-5-4-6-12(15)8-11/h4-6,8-10,13H,7,16H2,1-3H3,(H,17,18)/t10-,13?/m1/s1. The van der Waals surface area contributed by atoms with Crippen LogP contribution in [-0.2, 0) is 4.79 Å². The summed E-state index contributed by atoms with van der Waals surface area (Å²) in [7, 11) is 0. The summed E-state index contributed by atoms with van der Waals surface area (Å²) in [4.78, 5) is 11.9. The van der Waals surface area contributed by atoms with Crippen LogP contribution in [0.2, 0.25) is 0 Å². The number of carbonyl (C=O) groups is 1. The Morgan fingerprint density at radius 3 is 2.61 bits per heavy atom. The number of benzene rings is 1. The van der Waals surface area contributed by atoms with Gasteiger partial charge >= 0.3 is 0 Å². The van der Waals surface area contributed by atoms with Crippen LogP contribution >= 0.6 is 15.9 Å². The molecule has 1 amide bonds. The van der Waals surface area contributed by atoms with E-state index in [-0.39, 0.29) is 11.9 Å². The second-order valence-electron chi connectivity index (χ2n) is 5.02. The van der Waals surface area contributed by atoms with E-state index in [1.165, 1.54) is 0 Å². The normalized spacial score (nSPS) is 14.3. The van der Waals surface area contributed by atoms with Crippen molar-refractivity contribution in [2.24, 2.45) is 11.7 Å². The fourth-order valence-electron chi connectivity index (χ4n) is 1.79. The molecule has 0 aliphatic heterocycles. The summed E-state index contributed by atoms with van der Waals surface area (Å²) < 4.78 is 1.01. The summed E-state index contributed by atoms with van der Waals surface area (Å²) in [6, 6.07) is 7.44. The molecule has 0 spiro atoms. The summed E-state index contributed by atoms with van der Waals surface area (Å²) in [6.07, 6.45) is 0.705. The van der Waals surface area contributed by atoms with Crippen LogP contribution in [-0.4, -0.2) is 11.9 Å². The van der Waals surface area contributed by atoms with Crippen LogP contribution in [0.15, 0.2) is 28.7 Å². The van der Waals surface area contributed by atoms with Gasteiger partial charge in [-0.3, -0.25) is 4.79 Å². The molecule has 0 aromatic heterocycles. The van der Waals surface area contributed by atoms with Crippen molar-refractivity contribution < 1.29 is 4.79 Å². The topological polar surface area (TPSA) is 55.1 Å². The lowest BCUT2D eigenvalue weighted by molar-refractivity contribution is -0.123. The molecular formula is C14H21BrN2O. The molecule has 1 aromatic carbocycles. The third-order valence-corrected chi connectivity index (χ3v) is 3.26. The van der Waals surface area contributed by atoms with Gasteiger partial charge in [-0.05, 0) is 37.0 Å². The Morgan fingerprint density at radius 1 is 1.39 bits per heavy atom. The van der Waals surface area contributed by atoms with Crippen molar-refractivity contribution in [1.29, 1.82) is 0 Å². The van der Waals surface area contributed by atoms with Crippen LogP contribution in [0.25, 0.3) is 0 Å². The molecule has 3 N–H and O–H groups in total. The fraction of sp³-hybridized carbons (Fsp3) is 0.500. The van der Waals surface area contributed by atoms with Gasteiger partial charge in [0, 0.05) is 4.47 Å². The molecule has 1 aromatic rings. The van der Waals surface area contributed by atoms with Crippen LogP contribution < -0.4 is 11.1 Å². The molecule has 3 nitrogen and oxygen atoms in total. The van der Waals surface area contributed by atoms with Gasteiger partial charge in [-0.2, -0.15) is 0 Å². The molecule has 4 heteroatoms.